The van der Waals surface area contributed by atoms with Gasteiger partial charge in [-0.1, -0.05) is 24.3 Å². The summed E-state index contributed by atoms with van der Waals surface area (Å²) in [6.07, 6.45) is 0. The van der Waals surface area contributed by atoms with Crippen LogP contribution in [-0.2, 0) is 23.7 Å². The van der Waals surface area contributed by atoms with Crippen LogP contribution in [0.5, 0.6) is 23.0 Å². The van der Waals surface area contributed by atoms with Crippen LogP contribution in [0, 0.1) is 0 Å². The molecule has 0 saturated carbocycles. The normalized spacial score (nSPS) is 18.7. The van der Waals surface area contributed by atoms with Crippen LogP contribution in [0.1, 0.15) is 0 Å². The second-order valence-corrected chi connectivity index (χ2v) is 7.35. The summed E-state index contributed by atoms with van der Waals surface area (Å²) in [5.74, 6) is 2.98. The molecular formula is C26H36O9. The van der Waals surface area contributed by atoms with Crippen molar-refractivity contribution in [3.05, 3.63) is 48.5 Å². The SMILES string of the molecule is c1ccc2c(c1)OCCOCCOCCO2.c1ccc2c(c1)OCCOCCOCCOCCO2. The summed E-state index contributed by atoms with van der Waals surface area (Å²) < 4.78 is 49.2. The van der Waals surface area contributed by atoms with Crippen LogP contribution in [0.15, 0.2) is 48.5 Å². The van der Waals surface area contributed by atoms with Crippen LogP contribution in [0.3, 0.4) is 0 Å². The van der Waals surface area contributed by atoms with Crippen molar-refractivity contribution >= 4 is 0 Å². The van der Waals surface area contributed by atoms with Gasteiger partial charge in [-0.05, 0) is 24.3 Å². The average Bonchev–Trinajstić information content (AvgIpc) is 2.89. The lowest BCUT2D eigenvalue weighted by Gasteiger charge is -2.14. The van der Waals surface area contributed by atoms with Crippen LogP contribution in [-0.4, -0.2) is 92.5 Å². The summed E-state index contributed by atoms with van der Waals surface area (Å²) >= 11 is 0. The highest BCUT2D eigenvalue weighted by molar-refractivity contribution is 5.40. The monoisotopic (exact) mass is 492 g/mol. The molecule has 0 unspecified atom stereocenters. The topological polar surface area (TPSA) is 83.1 Å². The van der Waals surface area contributed by atoms with Gasteiger partial charge in [-0.2, -0.15) is 0 Å². The van der Waals surface area contributed by atoms with E-state index >= 15 is 0 Å². The first-order valence-electron chi connectivity index (χ1n) is 12.0. The fraction of sp³-hybridized carbons (Fsp3) is 0.538. The zero-order valence-corrected chi connectivity index (χ0v) is 20.2. The maximum atomic E-state index is 5.63. The molecule has 2 aliphatic heterocycles. The molecule has 0 aliphatic carbocycles. The van der Waals surface area contributed by atoms with Gasteiger partial charge in [-0.3, -0.25) is 0 Å². The lowest BCUT2D eigenvalue weighted by Crippen LogP contribution is -2.15. The Morgan fingerprint density at radius 2 is 0.486 bits per heavy atom. The summed E-state index contributed by atoms with van der Waals surface area (Å²) in [6, 6.07) is 15.2. The first kappa shape index (κ1) is 27.0. The first-order valence-corrected chi connectivity index (χ1v) is 12.0. The van der Waals surface area contributed by atoms with Gasteiger partial charge >= 0.3 is 0 Å². The summed E-state index contributed by atoms with van der Waals surface area (Å²) in [5.41, 5.74) is 0. The highest BCUT2D eigenvalue weighted by Crippen LogP contribution is 2.27. The number of fused-ring (bicyclic) bond motifs is 2. The van der Waals surface area contributed by atoms with Crippen LogP contribution in [0.2, 0.25) is 0 Å². The molecule has 0 bridgehead atoms. The molecule has 0 saturated heterocycles. The van der Waals surface area contributed by atoms with Crippen molar-refractivity contribution in [1.82, 2.24) is 0 Å². The molecule has 2 aromatic carbocycles. The Hall–Kier alpha value is -2.56. The predicted octanol–water partition coefficient (Wildman–Crippen LogP) is 3.00. The molecule has 0 atom stereocenters. The quantitative estimate of drug-likeness (QED) is 0.551. The van der Waals surface area contributed by atoms with Gasteiger partial charge in [0.15, 0.2) is 23.0 Å². The Morgan fingerprint density at radius 1 is 0.286 bits per heavy atom. The van der Waals surface area contributed by atoms with Crippen molar-refractivity contribution in [2.24, 2.45) is 0 Å². The lowest BCUT2D eigenvalue weighted by molar-refractivity contribution is 0.00708. The van der Waals surface area contributed by atoms with Crippen LogP contribution in [0.4, 0.5) is 0 Å². The Kier molecular flexibility index (Phi) is 13.8. The van der Waals surface area contributed by atoms with E-state index < -0.39 is 0 Å². The standard InChI is InChI=1S/C14H20O5.C12H16O4/c1-2-4-14-13(3-1)18-11-9-16-7-5-15-6-8-17-10-12-19-14;1-2-4-12-11(3-1)15-9-7-13-5-6-14-8-10-16-12/h1-4H,5-12H2;1-4H,5-10H2. The van der Waals surface area contributed by atoms with Gasteiger partial charge in [0, 0.05) is 0 Å². The van der Waals surface area contributed by atoms with Gasteiger partial charge in [0.1, 0.15) is 26.4 Å². The smallest absolute Gasteiger partial charge is 0.161 e. The van der Waals surface area contributed by atoms with Gasteiger partial charge in [0.2, 0.25) is 0 Å². The minimum absolute atomic E-state index is 0.497. The molecule has 0 radical (unpaired) electrons. The predicted molar refractivity (Wildman–Crippen MR) is 129 cm³/mol. The fourth-order valence-electron chi connectivity index (χ4n) is 3.08. The molecule has 9 nitrogen and oxygen atoms in total. The van der Waals surface area contributed by atoms with Crippen molar-refractivity contribution < 1.29 is 42.6 Å². The molecule has 2 aromatic rings. The minimum atomic E-state index is 0.497. The number of para-hydroxylation sites is 4. The molecule has 0 amide bonds. The molecule has 9 heteroatoms. The Labute approximate surface area is 207 Å². The molecule has 2 aliphatic rings. The van der Waals surface area contributed by atoms with E-state index in [2.05, 4.69) is 0 Å². The zero-order valence-electron chi connectivity index (χ0n) is 20.2. The number of rotatable bonds is 0. The van der Waals surface area contributed by atoms with E-state index in [0.717, 1.165) is 23.0 Å². The lowest BCUT2D eigenvalue weighted by atomic mass is 10.3. The highest BCUT2D eigenvalue weighted by Gasteiger charge is 2.06. The van der Waals surface area contributed by atoms with E-state index in [9.17, 15) is 0 Å². The van der Waals surface area contributed by atoms with E-state index in [1.54, 1.807) is 0 Å². The van der Waals surface area contributed by atoms with Crippen LogP contribution < -0.4 is 18.9 Å². The third-order valence-electron chi connectivity index (χ3n) is 4.76. The van der Waals surface area contributed by atoms with Crippen LogP contribution >= 0.6 is 0 Å². The maximum Gasteiger partial charge on any atom is 0.161 e. The fourth-order valence-corrected chi connectivity index (χ4v) is 3.08. The first-order chi connectivity index (χ1) is 17.4. The molecule has 35 heavy (non-hydrogen) atoms. The van der Waals surface area contributed by atoms with Gasteiger partial charge in [0.05, 0.1) is 66.1 Å². The molecule has 0 fully saturated rings. The summed E-state index contributed by atoms with van der Waals surface area (Å²) in [5, 5.41) is 0. The van der Waals surface area contributed by atoms with Gasteiger partial charge < -0.3 is 42.6 Å². The largest absolute Gasteiger partial charge is 0.487 e. The zero-order chi connectivity index (χ0) is 24.2. The van der Waals surface area contributed by atoms with E-state index in [1.165, 1.54) is 0 Å². The molecule has 4 rings (SSSR count). The van der Waals surface area contributed by atoms with E-state index in [4.69, 9.17) is 42.6 Å². The summed E-state index contributed by atoms with van der Waals surface area (Å²) in [7, 11) is 0. The van der Waals surface area contributed by atoms with Crippen molar-refractivity contribution in [1.29, 1.82) is 0 Å². The van der Waals surface area contributed by atoms with Gasteiger partial charge in [0.25, 0.3) is 0 Å². The van der Waals surface area contributed by atoms with Crippen LogP contribution in [0.25, 0.3) is 0 Å². The second kappa shape index (κ2) is 17.8. The Morgan fingerprint density at radius 3 is 0.714 bits per heavy atom. The molecule has 0 N–H and O–H groups in total. The highest BCUT2D eigenvalue weighted by atomic mass is 16.6. The minimum Gasteiger partial charge on any atom is -0.487 e. The molecule has 2 heterocycles. The van der Waals surface area contributed by atoms with Crippen molar-refractivity contribution in [3.8, 4) is 23.0 Å². The number of benzene rings is 2. The Bertz CT molecular complexity index is 738. The molecule has 194 valence electrons. The number of ether oxygens (including phenoxy) is 9. The molecule has 0 aromatic heterocycles. The van der Waals surface area contributed by atoms with Gasteiger partial charge in [-0.25, -0.2) is 0 Å². The molecule has 0 spiro atoms. The average molecular weight is 493 g/mol. The summed E-state index contributed by atoms with van der Waals surface area (Å²) in [4.78, 5) is 0. The van der Waals surface area contributed by atoms with Crippen molar-refractivity contribution in [3.63, 3.8) is 0 Å². The maximum absolute atomic E-state index is 5.63. The van der Waals surface area contributed by atoms with E-state index in [1.807, 2.05) is 48.5 Å². The Balaban J connectivity index is 0.000000198. The third kappa shape index (κ3) is 11.6. The van der Waals surface area contributed by atoms with Crippen molar-refractivity contribution in [2.75, 3.05) is 92.5 Å². The molecular weight excluding hydrogens is 456 g/mol. The second-order valence-electron chi connectivity index (χ2n) is 7.35. The van der Waals surface area contributed by atoms with Gasteiger partial charge in [-0.15, -0.1) is 0 Å². The van der Waals surface area contributed by atoms with E-state index in [-0.39, 0.29) is 0 Å². The van der Waals surface area contributed by atoms with Crippen molar-refractivity contribution in [2.45, 2.75) is 0 Å². The summed E-state index contributed by atoms with van der Waals surface area (Å²) in [6.45, 7) is 7.76. The number of hydrogen-bond donors (Lipinski definition) is 0. The number of hydrogen-bond acceptors (Lipinski definition) is 9. The van der Waals surface area contributed by atoms with E-state index in [0.29, 0.717) is 92.5 Å². The third-order valence-corrected chi connectivity index (χ3v) is 4.76.